The van der Waals surface area contributed by atoms with Gasteiger partial charge in [0.05, 0.1) is 0 Å². The monoisotopic (exact) mass is 302 g/mol. The van der Waals surface area contributed by atoms with Gasteiger partial charge in [0, 0.05) is 14.2 Å². The standard InChI is InChI=1S/C16H18O2.2C2H6/c1-5-8-13-11(2)12-9-6-7-10-14(12)16(18-4)15(13)17-3;2*1-2/h5-10,15-16H,1-2H2,3-4H3;2*1-2H3/b13-8+;;. The summed E-state index contributed by atoms with van der Waals surface area (Å²) in [4.78, 5) is 0. The molecule has 0 aromatic heterocycles. The first kappa shape index (κ1) is 20.4. The molecule has 1 aromatic carbocycles. The Labute approximate surface area is 136 Å². The minimum absolute atomic E-state index is 0.108. The van der Waals surface area contributed by atoms with Crippen LogP contribution in [0.2, 0.25) is 0 Å². The topological polar surface area (TPSA) is 18.5 Å². The van der Waals surface area contributed by atoms with Gasteiger partial charge in [-0.25, -0.2) is 0 Å². The van der Waals surface area contributed by atoms with Crippen molar-refractivity contribution in [3.05, 3.63) is 66.3 Å². The molecule has 0 spiro atoms. The molecule has 0 saturated carbocycles. The summed E-state index contributed by atoms with van der Waals surface area (Å²) in [7, 11) is 3.39. The molecule has 0 heterocycles. The molecular weight excluding hydrogens is 272 g/mol. The van der Waals surface area contributed by atoms with Crippen molar-refractivity contribution in [3.8, 4) is 0 Å². The van der Waals surface area contributed by atoms with E-state index in [2.05, 4.69) is 25.3 Å². The average molecular weight is 302 g/mol. The first-order chi connectivity index (χ1) is 10.7. The van der Waals surface area contributed by atoms with E-state index in [0.29, 0.717) is 0 Å². The van der Waals surface area contributed by atoms with Gasteiger partial charge in [-0.3, -0.25) is 0 Å². The molecule has 0 radical (unpaired) electrons. The first-order valence-electron chi connectivity index (χ1n) is 7.91. The molecule has 122 valence electrons. The Kier molecular flexibility index (Phi) is 10.2. The molecule has 2 heteroatoms. The maximum Gasteiger partial charge on any atom is 0.113 e. The zero-order valence-electron chi connectivity index (χ0n) is 14.8. The Bertz CT molecular complexity index is 500. The summed E-state index contributed by atoms with van der Waals surface area (Å²) in [5.74, 6) is 0. The Hall–Kier alpha value is -1.64. The number of benzene rings is 1. The number of ether oxygens (including phenoxy) is 2. The maximum atomic E-state index is 5.60. The Morgan fingerprint density at radius 1 is 0.955 bits per heavy atom. The fraction of sp³-hybridized carbons (Fsp3) is 0.400. The second-order valence-corrected chi connectivity index (χ2v) is 4.24. The van der Waals surface area contributed by atoms with E-state index in [9.17, 15) is 0 Å². The van der Waals surface area contributed by atoms with E-state index in [1.54, 1.807) is 20.3 Å². The van der Waals surface area contributed by atoms with Crippen LogP contribution in [0.3, 0.4) is 0 Å². The fourth-order valence-electron chi connectivity index (χ4n) is 2.50. The van der Waals surface area contributed by atoms with Crippen molar-refractivity contribution in [2.24, 2.45) is 0 Å². The van der Waals surface area contributed by atoms with Crippen molar-refractivity contribution in [2.75, 3.05) is 14.2 Å². The van der Waals surface area contributed by atoms with Gasteiger partial charge in [-0.2, -0.15) is 0 Å². The summed E-state index contributed by atoms with van der Waals surface area (Å²) in [5.41, 5.74) is 4.24. The predicted octanol–water partition coefficient (Wildman–Crippen LogP) is 5.58. The lowest BCUT2D eigenvalue weighted by Crippen LogP contribution is -2.30. The first-order valence-corrected chi connectivity index (χ1v) is 7.91. The van der Waals surface area contributed by atoms with Gasteiger partial charge in [-0.15, -0.1) is 0 Å². The van der Waals surface area contributed by atoms with E-state index in [4.69, 9.17) is 9.47 Å². The van der Waals surface area contributed by atoms with E-state index >= 15 is 0 Å². The molecule has 1 aliphatic carbocycles. The average Bonchev–Trinajstić information content (AvgIpc) is 2.60. The van der Waals surface area contributed by atoms with Crippen LogP contribution in [0, 0.1) is 0 Å². The van der Waals surface area contributed by atoms with Crippen molar-refractivity contribution >= 4 is 5.57 Å². The Morgan fingerprint density at radius 2 is 1.50 bits per heavy atom. The summed E-state index contributed by atoms with van der Waals surface area (Å²) in [6.07, 6.45) is 3.45. The van der Waals surface area contributed by atoms with Crippen molar-refractivity contribution < 1.29 is 9.47 Å². The highest BCUT2D eigenvalue weighted by Crippen LogP contribution is 2.42. The summed E-state index contributed by atoms with van der Waals surface area (Å²) >= 11 is 0. The van der Waals surface area contributed by atoms with Gasteiger partial charge in [0.25, 0.3) is 0 Å². The maximum absolute atomic E-state index is 5.60. The van der Waals surface area contributed by atoms with Crippen LogP contribution in [0.25, 0.3) is 5.57 Å². The summed E-state index contributed by atoms with van der Waals surface area (Å²) < 4.78 is 11.2. The van der Waals surface area contributed by atoms with Gasteiger partial charge in [-0.1, -0.05) is 77.3 Å². The summed E-state index contributed by atoms with van der Waals surface area (Å²) in [5, 5.41) is 0. The molecule has 1 aromatic rings. The minimum atomic E-state index is -0.143. The molecule has 0 amide bonds. The van der Waals surface area contributed by atoms with Crippen molar-refractivity contribution in [1.29, 1.82) is 0 Å². The highest BCUT2D eigenvalue weighted by molar-refractivity contribution is 5.83. The SMILES string of the molecule is C=C/C=C1\C(=C)c2ccccc2C(OC)C1OC.CC.CC. The quantitative estimate of drug-likeness (QED) is 0.725. The molecule has 0 N–H and O–H groups in total. The second kappa shape index (κ2) is 11.0. The molecule has 2 atom stereocenters. The molecular formula is C20H30O2. The number of methoxy groups -OCH3 is 2. The molecule has 0 fully saturated rings. The van der Waals surface area contributed by atoms with E-state index < -0.39 is 0 Å². The largest absolute Gasteiger partial charge is 0.374 e. The zero-order chi connectivity index (χ0) is 17.1. The van der Waals surface area contributed by atoms with E-state index in [-0.39, 0.29) is 12.2 Å². The van der Waals surface area contributed by atoms with Gasteiger partial charge in [0.2, 0.25) is 0 Å². The van der Waals surface area contributed by atoms with Crippen LogP contribution < -0.4 is 0 Å². The van der Waals surface area contributed by atoms with Crippen molar-refractivity contribution in [3.63, 3.8) is 0 Å². The Balaban J connectivity index is 0.00000102. The van der Waals surface area contributed by atoms with Gasteiger partial charge in [-0.05, 0) is 22.3 Å². The molecule has 2 unspecified atom stereocenters. The van der Waals surface area contributed by atoms with Crippen LogP contribution in [-0.2, 0) is 9.47 Å². The molecule has 2 rings (SSSR count). The molecule has 2 nitrogen and oxygen atoms in total. The normalized spacial score (nSPS) is 21.0. The second-order valence-electron chi connectivity index (χ2n) is 4.24. The summed E-state index contributed by atoms with van der Waals surface area (Å²) in [6.45, 7) is 15.9. The van der Waals surface area contributed by atoms with Crippen molar-refractivity contribution in [2.45, 2.75) is 39.9 Å². The van der Waals surface area contributed by atoms with E-state index in [1.165, 1.54) is 0 Å². The van der Waals surface area contributed by atoms with Crippen LogP contribution in [0.5, 0.6) is 0 Å². The minimum Gasteiger partial charge on any atom is -0.374 e. The highest BCUT2D eigenvalue weighted by atomic mass is 16.5. The van der Waals surface area contributed by atoms with Gasteiger partial charge < -0.3 is 9.47 Å². The van der Waals surface area contributed by atoms with Gasteiger partial charge in [0.1, 0.15) is 12.2 Å². The predicted molar refractivity (Wildman–Crippen MR) is 97.0 cm³/mol. The molecule has 0 bridgehead atoms. The smallest absolute Gasteiger partial charge is 0.113 e. The highest BCUT2D eigenvalue weighted by Gasteiger charge is 2.34. The number of hydrogen-bond donors (Lipinski definition) is 0. The lowest BCUT2D eigenvalue weighted by atomic mass is 9.80. The molecule has 1 aliphatic rings. The molecule has 0 aliphatic heterocycles. The third kappa shape index (κ3) is 4.19. The third-order valence-electron chi connectivity index (χ3n) is 3.33. The molecule has 0 saturated heterocycles. The van der Waals surface area contributed by atoms with E-state index in [0.717, 1.165) is 22.3 Å². The summed E-state index contributed by atoms with van der Waals surface area (Å²) in [6, 6.07) is 8.14. The van der Waals surface area contributed by atoms with Gasteiger partial charge in [0.15, 0.2) is 0 Å². The van der Waals surface area contributed by atoms with Crippen LogP contribution in [0.1, 0.15) is 44.9 Å². The number of hydrogen-bond acceptors (Lipinski definition) is 2. The lowest BCUT2D eigenvalue weighted by Gasteiger charge is -2.35. The van der Waals surface area contributed by atoms with Crippen LogP contribution >= 0.6 is 0 Å². The number of allylic oxidation sites excluding steroid dienone is 2. The van der Waals surface area contributed by atoms with Gasteiger partial charge >= 0.3 is 0 Å². The van der Waals surface area contributed by atoms with Crippen LogP contribution in [0.4, 0.5) is 0 Å². The zero-order valence-corrected chi connectivity index (χ0v) is 14.8. The Morgan fingerprint density at radius 3 is 2.00 bits per heavy atom. The number of rotatable bonds is 3. The fourth-order valence-corrected chi connectivity index (χ4v) is 2.50. The lowest BCUT2D eigenvalue weighted by molar-refractivity contribution is -0.0185. The van der Waals surface area contributed by atoms with Crippen LogP contribution in [-0.4, -0.2) is 20.3 Å². The third-order valence-corrected chi connectivity index (χ3v) is 3.33. The van der Waals surface area contributed by atoms with E-state index in [1.807, 2.05) is 45.9 Å². The van der Waals surface area contributed by atoms with Crippen LogP contribution in [0.15, 0.2) is 55.1 Å². The molecule has 22 heavy (non-hydrogen) atoms. The number of fused-ring (bicyclic) bond motifs is 1. The van der Waals surface area contributed by atoms with Crippen molar-refractivity contribution in [1.82, 2.24) is 0 Å².